The zero-order chi connectivity index (χ0) is 61.7. The number of ketones is 5. The van der Waals surface area contributed by atoms with Crippen molar-refractivity contribution in [3.05, 3.63) is 18.2 Å². The van der Waals surface area contributed by atoms with Crippen LogP contribution < -0.4 is 16.0 Å². The maximum atomic E-state index is 12.5. The molecule has 2 atom stereocenters. The van der Waals surface area contributed by atoms with Crippen LogP contribution in [-0.2, 0) is 68.5 Å². The molecule has 0 unspecified atom stereocenters. The van der Waals surface area contributed by atoms with Gasteiger partial charge >= 0.3 is 11.9 Å². The molecule has 0 bridgehead atoms. The standard InChI is InChI=1S/C34H60O6.C30H51N5O9/c1-2-29(34(39)40)27-32(36)30-24-21-28(22-25-30)23-26-31(35)19-17-15-13-11-9-7-5-3-4-6-8-10-12-14-16-18-20-33(37)38;1-3-29(39)32-11-13-41-16-18-44-22-30(40)33-12-14-42-15-17-43-21-27(38)7-5-4-6-8-28(24(2)36)34-20-26(37)10-9-25-19-31-23-35-25/h28-30H,2-27H2,1H3,(H,37,38)(H,39,40);19,23,28,34H,3-18,20-22H2,1-2H3,(H,31,35)(H,32,39)(H,33,40)/t28?,29-,30?;28-/m10/s1. The first-order valence-corrected chi connectivity index (χ1v) is 32.2. The summed E-state index contributed by atoms with van der Waals surface area (Å²) in [6, 6.07) is -0.365. The van der Waals surface area contributed by atoms with E-state index in [4.69, 9.17) is 24.1 Å². The number of imidazole rings is 1. The molecule has 1 aliphatic carbocycles. The summed E-state index contributed by atoms with van der Waals surface area (Å²) in [6.07, 6.45) is 34.6. The number of hydrogen-bond acceptors (Lipinski definition) is 15. The van der Waals surface area contributed by atoms with E-state index in [1.807, 2.05) is 6.92 Å². The van der Waals surface area contributed by atoms with E-state index in [0.717, 1.165) is 76.3 Å². The van der Waals surface area contributed by atoms with Crippen molar-refractivity contribution in [3.8, 4) is 0 Å². The fraction of sp³-hybridized carbons (Fsp3) is 0.812. The molecule has 1 saturated carbocycles. The molecule has 0 spiro atoms. The molecule has 0 aliphatic heterocycles. The number of H-pyrrole nitrogens is 1. The molecular formula is C64H111N5O15. The molecule has 1 aliphatic rings. The molecule has 1 aromatic heterocycles. The van der Waals surface area contributed by atoms with Crippen molar-refractivity contribution in [2.45, 2.75) is 245 Å². The van der Waals surface area contributed by atoms with Crippen LogP contribution in [0.4, 0.5) is 0 Å². The first-order chi connectivity index (χ1) is 40.6. The fourth-order valence-electron chi connectivity index (χ4n) is 10.0. The minimum atomic E-state index is -0.864. The maximum absolute atomic E-state index is 12.5. The van der Waals surface area contributed by atoms with Crippen LogP contribution in [0.5, 0.6) is 0 Å². The van der Waals surface area contributed by atoms with Gasteiger partial charge in [0.2, 0.25) is 11.8 Å². The van der Waals surface area contributed by atoms with Gasteiger partial charge in [-0.25, -0.2) is 4.98 Å². The van der Waals surface area contributed by atoms with Gasteiger partial charge in [-0.05, 0) is 83.5 Å². The third-order valence-corrected chi connectivity index (χ3v) is 15.4. The number of rotatable bonds is 57. The maximum Gasteiger partial charge on any atom is 0.306 e. The SMILES string of the molecule is CCC(=O)NCCOCCOCC(=O)NCCOCCOCC(=O)CCCCC[C@H](NCC(=O)CCc1cnc[nH]1)C(C)=O.CC[C@H](CC(=O)C1CCC(CCC(=O)CCCCCCCCCCCCCCCCCCC(=O)O)CC1)C(=O)O. The van der Waals surface area contributed by atoms with Crippen LogP contribution in [0.25, 0.3) is 0 Å². The van der Waals surface area contributed by atoms with E-state index in [1.165, 1.54) is 84.0 Å². The van der Waals surface area contributed by atoms with Gasteiger partial charge in [-0.15, -0.1) is 0 Å². The normalized spacial score (nSPS) is 14.7. The Kier molecular flexibility index (Phi) is 49.4. The Hall–Kier alpha value is -4.76. The zero-order valence-electron chi connectivity index (χ0n) is 51.9. The highest BCUT2D eigenvalue weighted by Gasteiger charge is 2.29. The largest absolute Gasteiger partial charge is 0.481 e. The summed E-state index contributed by atoms with van der Waals surface area (Å²) in [7, 11) is 0. The number of carbonyl (C=O) groups excluding carboxylic acids is 7. The van der Waals surface area contributed by atoms with Crippen molar-refractivity contribution in [1.82, 2.24) is 25.9 Å². The lowest BCUT2D eigenvalue weighted by Gasteiger charge is -2.28. The Morgan fingerprint density at radius 2 is 1.10 bits per heavy atom. The van der Waals surface area contributed by atoms with Gasteiger partial charge in [0.05, 0.1) is 64.5 Å². The minimum Gasteiger partial charge on any atom is -0.481 e. The highest BCUT2D eigenvalue weighted by Crippen LogP contribution is 2.34. The number of hydrogen-bond donors (Lipinski definition) is 6. The summed E-state index contributed by atoms with van der Waals surface area (Å²) >= 11 is 0. The molecule has 20 nitrogen and oxygen atoms in total. The van der Waals surface area contributed by atoms with Crippen molar-refractivity contribution < 1.29 is 72.3 Å². The summed E-state index contributed by atoms with van der Waals surface area (Å²) in [5.41, 5.74) is 0.905. The number of carboxylic acid groups (broad SMARTS) is 2. The van der Waals surface area contributed by atoms with Gasteiger partial charge in [0.25, 0.3) is 0 Å². The topological polar surface area (TPSA) is 296 Å². The van der Waals surface area contributed by atoms with Crippen molar-refractivity contribution >= 4 is 52.7 Å². The molecular weight excluding hydrogens is 1080 g/mol. The van der Waals surface area contributed by atoms with Gasteiger partial charge < -0.3 is 50.1 Å². The number of nitrogens with one attached hydrogen (secondary N) is 4. The number of carboxylic acids is 2. The molecule has 84 heavy (non-hydrogen) atoms. The average molecular weight is 1190 g/mol. The van der Waals surface area contributed by atoms with E-state index in [0.29, 0.717) is 115 Å². The van der Waals surface area contributed by atoms with Gasteiger partial charge in [-0.3, -0.25) is 43.2 Å². The Morgan fingerprint density at radius 3 is 1.61 bits per heavy atom. The van der Waals surface area contributed by atoms with Gasteiger partial charge in [-0.2, -0.15) is 0 Å². The van der Waals surface area contributed by atoms with Crippen LogP contribution in [0.2, 0.25) is 0 Å². The van der Waals surface area contributed by atoms with Gasteiger partial charge in [0.1, 0.15) is 36.3 Å². The molecule has 2 rings (SSSR count). The summed E-state index contributed by atoms with van der Waals surface area (Å²) < 4.78 is 21.3. The summed E-state index contributed by atoms with van der Waals surface area (Å²) in [4.78, 5) is 112. The van der Waals surface area contributed by atoms with Crippen molar-refractivity contribution in [1.29, 1.82) is 0 Å². The average Bonchev–Trinajstić information content (AvgIpc) is 4.04. The summed E-state index contributed by atoms with van der Waals surface area (Å²) in [5, 5.41) is 26.3. The number of Topliss-reactive ketones (excluding diaryl/α,β-unsaturated/α-hetero) is 5. The lowest BCUT2D eigenvalue weighted by Crippen LogP contribution is -2.38. The second kappa shape index (κ2) is 53.7. The van der Waals surface area contributed by atoms with Crippen LogP contribution in [0.1, 0.15) is 238 Å². The highest BCUT2D eigenvalue weighted by atomic mass is 16.5. The minimum absolute atomic E-state index is 0.000753. The first-order valence-electron chi connectivity index (χ1n) is 32.2. The molecule has 482 valence electrons. The molecule has 6 N–H and O–H groups in total. The molecule has 1 aromatic rings. The van der Waals surface area contributed by atoms with Gasteiger partial charge in [0.15, 0.2) is 5.78 Å². The number of carbonyl (C=O) groups is 9. The number of aromatic amines is 1. The fourth-order valence-corrected chi connectivity index (χ4v) is 10.0. The smallest absolute Gasteiger partial charge is 0.306 e. The number of unbranched alkanes of at least 4 members (excludes halogenated alkanes) is 17. The molecule has 1 heterocycles. The van der Waals surface area contributed by atoms with E-state index in [1.54, 1.807) is 19.4 Å². The molecule has 2 amide bonds. The van der Waals surface area contributed by atoms with Crippen molar-refractivity contribution in [3.63, 3.8) is 0 Å². The van der Waals surface area contributed by atoms with Crippen LogP contribution >= 0.6 is 0 Å². The highest BCUT2D eigenvalue weighted by molar-refractivity contribution is 5.86. The number of aromatic nitrogens is 2. The molecule has 0 saturated heterocycles. The Morgan fingerprint density at radius 1 is 0.583 bits per heavy atom. The number of aliphatic carboxylic acids is 2. The third kappa shape index (κ3) is 46.5. The van der Waals surface area contributed by atoms with Crippen molar-refractivity contribution in [2.75, 3.05) is 72.5 Å². The Balaban J connectivity index is 0.000000844. The van der Waals surface area contributed by atoms with Gasteiger partial charge in [0, 0.05) is 75.8 Å². The van der Waals surface area contributed by atoms with Crippen LogP contribution in [0, 0.1) is 17.8 Å². The monoisotopic (exact) mass is 1190 g/mol. The second-order valence-corrected chi connectivity index (χ2v) is 22.6. The van der Waals surface area contributed by atoms with Gasteiger partial charge in [-0.1, -0.05) is 117 Å². The molecule has 20 heteroatoms. The quantitative estimate of drug-likeness (QED) is 0.0331. The summed E-state index contributed by atoms with van der Waals surface area (Å²) in [6.45, 7) is 7.88. The Bertz CT molecular complexity index is 1910. The number of amides is 2. The summed E-state index contributed by atoms with van der Waals surface area (Å²) in [5.74, 6) is -1.25. The number of aryl methyl sites for hydroxylation is 1. The number of nitrogens with zero attached hydrogens (tertiary/aromatic N) is 1. The second-order valence-electron chi connectivity index (χ2n) is 22.6. The van der Waals surface area contributed by atoms with E-state index >= 15 is 0 Å². The van der Waals surface area contributed by atoms with E-state index in [-0.39, 0.29) is 86.3 Å². The van der Waals surface area contributed by atoms with Crippen LogP contribution in [0.15, 0.2) is 12.5 Å². The third-order valence-electron chi connectivity index (χ3n) is 15.4. The zero-order valence-corrected chi connectivity index (χ0v) is 51.9. The predicted octanol–water partition coefficient (Wildman–Crippen LogP) is 10.0. The molecule has 0 radical (unpaired) electrons. The van der Waals surface area contributed by atoms with E-state index in [9.17, 15) is 48.3 Å². The van der Waals surface area contributed by atoms with Crippen molar-refractivity contribution in [2.24, 2.45) is 17.8 Å². The predicted molar refractivity (Wildman–Crippen MR) is 324 cm³/mol. The van der Waals surface area contributed by atoms with E-state index < -0.39 is 17.9 Å². The first kappa shape index (κ1) is 77.3. The lowest BCUT2D eigenvalue weighted by molar-refractivity contribution is -0.144. The van der Waals surface area contributed by atoms with E-state index in [2.05, 4.69) is 25.9 Å². The molecule has 1 fully saturated rings. The number of ether oxygens (including phenoxy) is 4. The lowest BCUT2D eigenvalue weighted by atomic mass is 9.76. The molecule has 0 aromatic carbocycles. The Labute approximate surface area is 502 Å². The van der Waals surface area contributed by atoms with Crippen LogP contribution in [0.3, 0.4) is 0 Å². The van der Waals surface area contributed by atoms with Crippen LogP contribution in [-0.4, -0.2) is 151 Å².